The quantitative estimate of drug-likeness (QED) is 0.0970. The van der Waals surface area contributed by atoms with Crippen LogP contribution >= 0.6 is 0 Å². The van der Waals surface area contributed by atoms with Gasteiger partial charge in [0.25, 0.3) is 0 Å². The molecule has 1 aliphatic rings. The van der Waals surface area contributed by atoms with Crippen LogP contribution in [0.3, 0.4) is 0 Å². The van der Waals surface area contributed by atoms with Crippen LogP contribution < -0.4 is 18.9 Å². The van der Waals surface area contributed by atoms with Crippen LogP contribution in [0.2, 0.25) is 0 Å². The Bertz CT molecular complexity index is 1940. The topological polar surface area (TPSA) is 303 Å². The fraction of sp³-hybridized carbons (Fsp3) is 0.133. The molecule has 22 heteroatoms. The molecule has 0 atom stereocenters. The Morgan fingerprint density at radius 2 is 0.750 bits per heavy atom. The number of rotatable bonds is 8. The molecule has 5 rings (SSSR count). The molecule has 0 amide bonds. The van der Waals surface area contributed by atoms with Gasteiger partial charge in [0.2, 0.25) is 34.5 Å². The maximum absolute atomic E-state index is 12.8. The highest BCUT2D eigenvalue weighted by atomic mass is 16.6. The van der Waals surface area contributed by atoms with Crippen molar-refractivity contribution in [1.29, 1.82) is 0 Å². The van der Waals surface area contributed by atoms with Gasteiger partial charge >= 0.3 is 34.7 Å². The molecule has 0 fully saturated rings. The lowest BCUT2D eigenvalue weighted by atomic mass is 10.1. The standard InChI is InChI=1S/C30H20N4O18/c1-3-47-29(37)13-5-23-27(35)24(6-13)50-20-12-22(18(34(45)46)10-16(20)32(41)42)52-26-8-14(30(38)48-4-2)7-25(28(26)36)51-21-11-19(49-23)15(31(39)40)9-17(21)33(43)44/h5-12,35-36H,3-4H2,1-2H3. The van der Waals surface area contributed by atoms with E-state index in [-0.39, 0.29) is 13.2 Å². The molecule has 0 saturated carbocycles. The third-order valence-corrected chi connectivity index (χ3v) is 6.85. The average molecular weight is 725 g/mol. The second-order valence-electron chi connectivity index (χ2n) is 10.1. The van der Waals surface area contributed by atoms with Gasteiger partial charge in [-0.15, -0.1) is 0 Å². The van der Waals surface area contributed by atoms with Gasteiger partial charge in [0.1, 0.15) is 12.1 Å². The summed E-state index contributed by atoms with van der Waals surface area (Å²) in [6, 6.07) is 5.33. The molecule has 4 aromatic rings. The molecule has 1 aliphatic heterocycles. The van der Waals surface area contributed by atoms with Crippen LogP contribution in [-0.2, 0) is 9.47 Å². The second-order valence-corrected chi connectivity index (χ2v) is 10.1. The molecule has 2 N–H and O–H groups in total. The Morgan fingerprint density at radius 3 is 0.962 bits per heavy atom. The lowest BCUT2D eigenvalue weighted by molar-refractivity contribution is -0.395. The Morgan fingerprint density at radius 1 is 0.500 bits per heavy atom. The van der Waals surface area contributed by atoms with Gasteiger partial charge in [0, 0.05) is 12.1 Å². The van der Waals surface area contributed by atoms with Gasteiger partial charge in [-0.3, -0.25) is 40.5 Å². The highest BCUT2D eigenvalue weighted by Crippen LogP contribution is 2.52. The molecule has 0 spiro atoms. The zero-order valence-corrected chi connectivity index (χ0v) is 26.2. The Kier molecular flexibility index (Phi) is 9.55. The molecular weight excluding hydrogens is 704 g/mol. The molecular formula is C30H20N4O18. The Labute approximate surface area is 287 Å². The summed E-state index contributed by atoms with van der Waals surface area (Å²) >= 11 is 0. The maximum atomic E-state index is 12.8. The second kappa shape index (κ2) is 14.0. The molecule has 4 aromatic carbocycles. The van der Waals surface area contributed by atoms with Crippen LogP contribution in [0.25, 0.3) is 0 Å². The zero-order chi connectivity index (χ0) is 38.0. The smallest absolute Gasteiger partial charge is 0.338 e. The number of carbonyl (C=O) groups is 2. The van der Waals surface area contributed by atoms with Crippen molar-refractivity contribution in [3.8, 4) is 57.5 Å². The van der Waals surface area contributed by atoms with E-state index in [1.165, 1.54) is 13.8 Å². The molecule has 1 heterocycles. The van der Waals surface area contributed by atoms with Crippen LogP contribution in [0.15, 0.2) is 48.5 Å². The van der Waals surface area contributed by atoms with E-state index < -0.39 is 123 Å². The molecule has 52 heavy (non-hydrogen) atoms. The number of phenols is 2. The zero-order valence-electron chi connectivity index (χ0n) is 26.2. The minimum absolute atomic E-state index is 0.167. The number of hydrogen-bond acceptors (Lipinski definition) is 18. The van der Waals surface area contributed by atoms with Crippen molar-refractivity contribution in [2.45, 2.75) is 13.8 Å². The summed E-state index contributed by atoms with van der Waals surface area (Å²) in [5.74, 6) is -10.9. The Balaban J connectivity index is 1.91. The van der Waals surface area contributed by atoms with E-state index in [1.54, 1.807) is 0 Å². The SMILES string of the molecule is CCOC(=O)c1cc2c(O)c(c1)Oc1cc(c([N+](=O)[O-])cc1[N+](=O)[O-])Oc1cc(C(=O)OCC)cc(c1O)Oc1cc(c([N+](=O)[O-])cc1[N+](=O)[O-])O2. The van der Waals surface area contributed by atoms with Crippen LogP contribution in [-0.4, -0.2) is 55.1 Å². The number of ether oxygens (including phenoxy) is 6. The lowest BCUT2D eigenvalue weighted by Crippen LogP contribution is -2.07. The van der Waals surface area contributed by atoms with E-state index in [0.29, 0.717) is 24.3 Å². The van der Waals surface area contributed by atoms with Gasteiger partial charge in [-0.25, -0.2) is 9.59 Å². The summed E-state index contributed by atoms with van der Waals surface area (Å²) in [5.41, 5.74) is -5.19. The molecule has 0 unspecified atom stereocenters. The van der Waals surface area contributed by atoms with Crippen molar-refractivity contribution in [1.82, 2.24) is 0 Å². The van der Waals surface area contributed by atoms with Crippen LogP contribution in [0.4, 0.5) is 22.7 Å². The van der Waals surface area contributed by atoms with E-state index in [4.69, 9.17) is 28.4 Å². The van der Waals surface area contributed by atoms with Gasteiger partial charge in [-0.1, -0.05) is 0 Å². The number of fused-ring (bicyclic) bond motifs is 8. The summed E-state index contributed by atoms with van der Waals surface area (Å²) in [7, 11) is 0. The highest BCUT2D eigenvalue weighted by molar-refractivity contribution is 5.92. The predicted molar refractivity (Wildman–Crippen MR) is 168 cm³/mol. The molecule has 268 valence electrons. The van der Waals surface area contributed by atoms with E-state index in [1.807, 2.05) is 0 Å². The summed E-state index contributed by atoms with van der Waals surface area (Å²) in [6.07, 6.45) is 0. The first-order valence-electron chi connectivity index (χ1n) is 14.4. The molecule has 0 saturated heterocycles. The highest BCUT2D eigenvalue weighted by Gasteiger charge is 2.33. The van der Waals surface area contributed by atoms with Gasteiger partial charge in [0.15, 0.2) is 23.0 Å². The van der Waals surface area contributed by atoms with Gasteiger partial charge in [-0.05, 0) is 38.1 Å². The van der Waals surface area contributed by atoms with E-state index in [0.717, 1.165) is 24.3 Å². The first-order valence-corrected chi connectivity index (χ1v) is 14.4. The van der Waals surface area contributed by atoms with E-state index >= 15 is 0 Å². The third kappa shape index (κ3) is 6.87. The first-order chi connectivity index (χ1) is 24.6. The molecule has 0 radical (unpaired) electrons. The molecule has 8 bridgehead atoms. The van der Waals surface area contributed by atoms with E-state index in [2.05, 4.69) is 0 Å². The van der Waals surface area contributed by atoms with Crippen molar-refractivity contribution in [3.05, 3.63) is 100 Å². The Hall–Kier alpha value is -7.78. The van der Waals surface area contributed by atoms with Crippen molar-refractivity contribution in [2.24, 2.45) is 0 Å². The summed E-state index contributed by atoms with van der Waals surface area (Å²) in [4.78, 5) is 69.4. The molecule has 22 nitrogen and oxygen atoms in total. The number of nitrogens with zero attached hydrogens (tertiary/aromatic N) is 4. The normalized spacial score (nSPS) is 11.4. The van der Waals surface area contributed by atoms with Crippen molar-refractivity contribution in [3.63, 3.8) is 0 Å². The number of aromatic hydroxyl groups is 2. The summed E-state index contributed by atoms with van der Waals surface area (Å²) in [5, 5.41) is 70.6. The van der Waals surface area contributed by atoms with Crippen molar-refractivity contribution in [2.75, 3.05) is 13.2 Å². The van der Waals surface area contributed by atoms with Crippen LogP contribution in [0, 0.1) is 40.5 Å². The van der Waals surface area contributed by atoms with Crippen LogP contribution in [0.5, 0.6) is 57.5 Å². The lowest BCUT2D eigenvalue weighted by Gasteiger charge is -2.17. The van der Waals surface area contributed by atoms with E-state index in [9.17, 15) is 60.3 Å². The number of phenolic OH excluding ortho intramolecular Hbond substituents is 2. The molecule has 0 aliphatic carbocycles. The number of nitro benzene ring substituents is 4. The fourth-order valence-corrected chi connectivity index (χ4v) is 4.59. The fourth-order valence-electron chi connectivity index (χ4n) is 4.59. The molecule has 0 aromatic heterocycles. The first kappa shape index (κ1) is 35.5. The van der Waals surface area contributed by atoms with Crippen LogP contribution in [0.1, 0.15) is 34.6 Å². The van der Waals surface area contributed by atoms with Gasteiger partial charge in [0.05, 0.1) is 44.0 Å². The maximum Gasteiger partial charge on any atom is 0.338 e. The predicted octanol–water partition coefficient (Wildman–Crippen LogP) is 6.57. The number of carbonyl (C=O) groups excluding carboxylic acids is 2. The number of hydrogen-bond donors (Lipinski definition) is 2. The number of nitro groups is 4. The van der Waals surface area contributed by atoms with Crippen molar-refractivity contribution < 1.29 is 67.9 Å². The minimum Gasteiger partial charge on any atom is -0.502 e. The summed E-state index contributed by atoms with van der Waals surface area (Å²) in [6.45, 7) is 2.56. The number of benzene rings is 4. The minimum atomic E-state index is -1.10. The van der Waals surface area contributed by atoms with Crippen molar-refractivity contribution >= 4 is 34.7 Å². The third-order valence-electron chi connectivity index (χ3n) is 6.85. The number of esters is 2. The van der Waals surface area contributed by atoms with Gasteiger partial charge < -0.3 is 38.6 Å². The van der Waals surface area contributed by atoms with Gasteiger partial charge in [-0.2, -0.15) is 0 Å². The average Bonchev–Trinajstić information content (AvgIpc) is 3.07. The largest absolute Gasteiger partial charge is 0.502 e. The summed E-state index contributed by atoms with van der Waals surface area (Å²) < 4.78 is 32.3. The monoisotopic (exact) mass is 724 g/mol.